The van der Waals surface area contributed by atoms with Gasteiger partial charge in [0.25, 0.3) is 0 Å². The fourth-order valence-corrected chi connectivity index (χ4v) is 2.90. The van der Waals surface area contributed by atoms with E-state index in [1.807, 2.05) is 63.2 Å². The largest absolute Gasteiger partial charge is 0.487 e. The molecule has 2 aromatic rings. The fraction of sp³-hybridized carbons (Fsp3) is 0.429. The molecule has 3 N–H and O–H groups in total. The topological polar surface area (TPSA) is 77.2 Å². The Hall–Kier alpha value is -2.40. The van der Waals surface area contributed by atoms with Gasteiger partial charge in [0.1, 0.15) is 12.4 Å². The molecule has 0 spiro atoms. The van der Waals surface area contributed by atoms with E-state index in [9.17, 15) is 4.79 Å². The highest BCUT2D eigenvalue weighted by Gasteiger charge is 2.34. The Morgan fingerprint density at radius 3 is 2.62 bits per heavy atom. The maximum absolute atomic E-state index is 12.7. The summed E-state index contributed by atoms with van der Waals surface area (Å²) in [4.78, 5) is 17.0. The average molecular weight is 355 g/mol. The quantitative estimate of drug-likeness (QED) is 0.720. The van der Waals surface area contributed by atoms with E-state index in [-0.39, 0.29) is 11.9 Å². The van der Waals surface area contributed by atoms with Crippen LogP contribution in [0.1, 0.15) is 50.9 Å². The minimum absolute atomic E-state index is 0.0114. The first-order valence-corrected chi connectivity index (χ1v) is 9.18. The molecule has 0 saturated heterocycles. The van der Waals surface area contributed by atoms with Crippen molar-refractivity contribution in [2.45, 2.75) is 46.3 Å². The molecule has 26 heavy (non-hydrogen) atoms. The SMILES string of the molecule is CCC(CC)(CN)C(=O)NC(C)c1cccc(OCc2ccccn2)c1. The Morgan fingerprint density at radius 1 is 1.23 bits per heavy atom. The molecule has 1 aromatic heterocycles. The van der Waals surface area contributed by atoms with E-state index in [1.165, 1.54) is 0 Å². The number of rotatable bonds is 9. The highest BCUT2D eigenvalue weighted by Crippen LogP contribution is 2.27. The van der Waals surface area contributed by atoms with Crippen molar-refractivity contribution >= 4 is 5.91 Å². The van der Waals surface area contributed by atoms with Crippen molar-refractivity contribution in [2.75, 3.05) is 6.54 Å². The van der Waals surface area contributed by atoms with Gasteiger partial charge in [0, 0.05) is 12.7 Å². The second-order valence-electron chi connectivity index (χ2n) is 6.57. The lowest BCUT2D eigenvalue weighted by atomic mass is 9.81. The first-order chi connectivity index (χ1) is 12.5. The number of nitrogens with two attached hydrogens (primary N) is 1. The van der Waals surface area contributed by atoms with Gasteiger partial charge in [-0.2, -0.15) is 0 Å². The van der Waals surface area contributed by atoms with E-state index in [0.29, 0.717) is 13.2 Å². The molecule has 1 heterocycles. The second kappa shape index (κ2) is 9.34. The van der Waals surface area contributed by atoms with Crippen molar-refractivity contribution in [2.24, 2.45) is 11.1 Å². The van der Waals surface area contributed by atoms with Crippen LogP contribution in [0.4, 0.5) is 0 Å². The number of pyridine rings is 1. The van der Waals surface area contributed by atoms with Gasteiger partial charge in [-0.1, -0.05) is 32.0 Å². The molecule has 1 atom stereocenters. The number of nitrogens with zero attached hydrogens (tertiary/aromatic N) is 1. The van der Waals surface area contributed by atoms with Crippen LogP contribution in [0.3, 0.4) is 0 Å². The summed E-state index contributed by atoms with van der Waals surface area (Å²) >= 11 is 0. The molecule has 1 aromatic carbocycles. The Bertz CT molecular complexity index is 691. The lowest BCUT2D eigenvalue weighted by molar-refractivity contribution is -0.131. The van der Waals surface area contributed by atoms with Crippen molar-refractivity contribution < 1.29 is 9.53 Å². The average Bonchev–Trinajstić information content (AvgIpc) is 2.69. The van der Waals surface area contributed by atoms with Crippen LogP contribution in [0.2, 0.25) is 0 Å². The summed E-state index contributed by atoms with van der Waals surface area (Å²) in [5.41, 5.74) is 7.25. The predicted molar refractivity (Wildman–Crippen MR) is 104 cm³/mol. The van der Waals surface area contributed by atoms with E-state index in [2.05, 4.69) is 10.3 Å². The lowest BCUT2D eigenvalue weighted by Gasteiger charge is -2.30. The molecule has 0 fully saturated rings. The van der Waals surface area contributed by atoms with Crippen molar-refractivity contribution in [1.82, 2.24) is 10.3 Å². The third kappa shape index (κ3) is 4.82. The van der Waals surface area contributed by atoms with Crippen LogP contribution in [0.15, 0.2) is 48.7 Å². The van der Waals surface area contributed by atoms with E-state index >= 15 is 0 Å². The van der Waals surface area contributed by atoms with E-state index < -0.39 is 5.41 Å². The Morgan fingerprint density at radius 2 is 2.00 bits per heavy atom. The molecule has 1 unspecified atom stereocenters. The number of aromatic nitrogens is 1. The number of hydrogen-bond donors (Lipinski definition) is 2. The van der Waals surface area contributed by atoms with Crippen molar-refractivity contribution in [3.05, 3.63) is 59.9 Å². The maximum atomic E-state index is 12.7. The molecule has 2 rings (SSSR count). The maximum Gasteiger partial charge on any atom is 0.227 e. The minimum Gasteiger partial charge on any atom is -0.487 e. The summed E-state index contributed by atoms with van der Waals surface area (Å²) in [6.45, 7) is 6.75. The molecule has 1 amide bonds. The molecular formula is C21H29N3O2. The third-order valence-electron chi connectivity index (χ3n) is 5.04. The molecular weight excluding hydrogens is 326 g/mol. The van der Waals surface area contributed by atoms with Crippen molar-refractivity contribution in [1.29, 1.82) is 0 Å². The summed E-state index contributed by atoms with van der Waals surface area (Å²) in [6.07, 6.45) is 3.20. The molecule has 0 bridgehead atoms. The van der Waals surface area contributed by atoms with Gasteiger partial charge >= 0.3 is 0 Å². The van der Waals surface area contributed by atoms with Gasteiger partial charge in [-0.15, -0.1) is 0 Å². The van der Waals surface area contributed by atoms with Crippen LogP contribution < -0.4 is 15.8 Å². The highest BCUT2D eigenvalue weighted by molar-refractivity contribution is 5.83. The molecule has 0 aliphatic rings. The number of amides is 1. The van der Waals surface area contributed by atoms with Crippen molar-refractivity contribution in [3.63, 3.8) is 0 Å². The molecule has 0 radical (unpaired) electrons. The van der Waals surface area contributed by atoms with E-state index in [1.54, 1.807) is 6.20 Å². The summed E-state index contributed by atoms with van der Waals surface area (Å²) in [7, 11) is 0. The van der Waals surface area contributed by atoms with E-state index in [0.717, 1.165) is 29.8 Å². The molecule has 5 nitrogen and oxygen atoms in total. The zero-order chi connectivity index (χ0) is 19.0. The van der Waals surface area contributed by atoms with Crippen LogP contribution in [0.5, 0.6) is 5.75 Å². The number of benzene rings is 1. The summed E-state index contributed by atoms with van der Waals surface area (Å²) in [6, 6.07) is 13.4. The monoisotopic (exact) mass is 355 g/mol. The van der Waals surface area contributed by atoms with Gasteiger partial charge in [0.05, 0.1) is 17.2 Å². The van der Waals surface area contributed by atoms with Gasteiger partial charge in [-0.25, -0.2) is 0 Å². The van der Waals surface area contributed by atoms with Gasteiger partial charge in [0.15, 0.2) is 0 Å². The zero-order valence-corrected chi connectivity index (χ0v) is 15.9. The van der Waals surface area contributed by atoms with Gasteiger partial charge < -0.3 is 15.8 Å². The van der Waals surface area contributed by atoms with Crippen LogP contribution in [0, 0.1) is 5.41 Å². The number of nitrogens with one attached hydrogen (secondary N) is 1. The number of hydrogen-bond acceptors (Lipinski definition) is 4. The first kappa shape index (κ1) is 19.9. The summed E-state index contributed by atoms with van der Waals surface area (Å²) in [5, 5.41) is 3.10. The molecule has 5 heteroatoms. The molecule has 0 saturated carbocycles. The third-order valence-corrected chi connectivity index (χ3v) is 5.04. The zero-order valence-electron chi connectivity index (χ0n) is 15.9. The summed E-state index contributed by atoms with van der Waals surface area (Å²) < 4.78 is 5.82. The Labute approximate surface area is 156 Å². The van der Waals surface area contributed by atoms with Crippen LogP contribution >= 0.6 is 0 Å². The van der Waals surface area contributed by atoms with Crippen LogP contribution in [0.25, 0.3) is 0 Å². The highest BCUT2D eigenvalue weighted by atomic mass is 16.5. The molecule has 0 aliphatic carbocycles. The Balaban J connectivity index is 2.03. The lowest BCUT2D eigenvalue weighted by Crippen LogP contribution is -2.46. The van der Waals surface area contributed by atoms with Gasteiger partial charge in [-0.05, 0) is 49.6 Å². The van der Waals surface area contributed by atoms with Crippen LogP contribution in [-0.4, -0.2) is 17.4 Å². The predicted octanol–water partition coefficient (Wildman–Crippen LogP) is 3.60. The Kier molecular flexibility index (Phi) is 7.16. The molecule has 140 valence electrons. The molecule has 0 aliphatic heterocycles. The van der Waals surface area contributed by atoms with E-state index in [4.69, 9.17) is 10.5 Å². The van der Waals surface area contributed by atoms with Crippen LogP contribution in [-0.2, 0) is 11.4 Å². The number of carbonyl (C=O) groups is 1. The normalized spacial score (nSPS) is 12.5. The van der Waals surface area contributed by atoms with Crippen molar-refractivity contribution in [3.8, 4) is 5.75 Å². The number of ether oxygens (including phenoxy) is 1. The second-order valence-corrected chi connectivity index (χ2v) is 6.57. The van der Waals surface area contributed by atoms with Gasteiger partial charge in [-0.3, -0.25) is 9.78 Å². The minimum atomic E-state index is -0.499. The number of carbonyl (C=O) groups excluding carboxylic acids is 1. The van der Waals surface area contributed by atoms with Gasteiger partial charge in [0.2, 0.25) is 5.91 Å². The summed E-state index contributed by atoms with van der Waals surface area (Å²) in [5.74, 6) is 0.766. The smallest absolute Gasteiger partial charge is 0.227 e. The first-order valence-electron chi connectivity index (χ1n) is 9.18. The fourth-order valence-electron chi connectivity index (χ4n) is 2.90. The standard InChI is InChI=1S/C21H29N3O2/c1-4-21(5-2,15-22)20(25)24-16(3)17-9-8-11-19(13-17)26-14-18-10-6-7-12-23-18/h6-13,16H,4-5,14-15,22H2,1-3H3,(H,24,25).